The van der Waals surface area contributed by atoms with Gasteiger partial charge in [0.25, 0.3) is 5.91 Å². The maximum atomic E-state index is 12.4. The third kappa shape index (κ3) is 5.51. The number of rotatable bonds is 7. The summed E-state index contributed by atoms with van der Waals surface area (Å²) in [5, 5.41) is 6.16. The molecule has 1 fully saturated rings. The summed E-state index contributed by atoms with van der Waals surface area (Å²) in [5.41, 5.74) is 5.96. The SMILES string of the molecule is COc1cc(NC(=O)CC(C)C2CCCNC2)c(C(N)=O)cc1OC.Cl. The standard InChI is InChI=1S/C18H27N3O4.ClH/c1-11(12-5-4-6-20-10-12)7-17(22)21-14-9-16(25-3)15(24-2)8-13(14)18(19)23;/h8-9,11-12,20H,4-7,10H2,1-3H3,(H2,19,23)(H,21,22);1H. The number of ether oxygens (including phenoxy) is 2. The predicted molar refractivity (Wildman–Crippen MR) is 103 cm³/mol. The van der Waals surface area contributed by atoms with E-state index in [0.717, 1.165) is 25.9 Å². The van der Waals surface area contributed by atoms with Crippen molar-refractivity contribution < 1.29 is 19.1 Å². The molecule has 1 aromatic rings. The van der Waals surface area contributed by atoms with E-state index < -0.39 is 5.91 Å². The molecule has 0 saturated carbocycles. The van der Waals surface area contributed by atoms with Gasteiger partial charge in [-0.25, -0.2) is 0 Å². The molecular formula is C18H28ClN3O4. The Morgan fingerprint density at radius 1 is 1.31 bits per heavy atom. The molecule has 0 aliphatic carbocycles. The molecule has 4 N–H and O–H groups in total. The van der Waals surface area contributed by atoms with Crippen LogP contribution in [0, 0.1) is 11.8 Å². The smallest absolute Gasteiger partial charge is 0.250 e. The van der Waals surface area contributed by atoms with Gasteiger partial charge in [-0.3, -0.25) is 9.59 Å². The lowest BCUT2D eigenvalue weighted by atomic mass is 9.85. The molecule has 8 heteroatoms. The minimum Gasteiger partial charge on any atom is -0.493 e. The van der Waals surface area contributed by atoms with E-state index in [0.29, 0.717) is 29.5 Å². The van der Waals surface area contributed by atoms with Crippen LogP contribution in [0.2, 0.25) is 0 Å². The Bertz CT molecular complexity index is 633. The van der Waals surface area contributed by atoms with Crippen molar-refractivity contribution in [2.45, 2.75) is 26.2 Å². The van der Waals surface area contributed by atoms with E-state index in [1.165, 1.54) is 20.3 Å². The normalized spacial score (nSPS) is 17.6. The number of amides is 2. The molecule has 1 aliphatic heterocycles. The number of halogens is 1. The maximum Gasteiger partial charge on any atom is 0.250 e. The number of carbonyl (C=O) groups is 2. The van der Waals surface area contributed by atoms with Gasteiger partial charge >= 0.3 is 0 Å². The molecule has 7 nitrogen and oxygen atoms in total. The number of nitrogens with two attached hydrogens (primary N) is 1. The molecule has 26 heavy (non-hydrogen) atoms. The monoisotopic (exact) mass is 385 g/mol. The molecule has 2 unspecified atom stereocenters. The number of nitrogens with one attached hydrogen (secondary N) is 2. The molecular weight excluding hydrogens is 358 g/mol. The van der Waals surface area contributed by atoms with Gasteiger partial charge in [-0.2, -0.15) is 0 Å². The van der Waals surface area contributed by atoms with Crippen LogP contribution < -0.4 is 25.8 Å². The Kier molecular flexibility index (Phi) is 8.68. The summed E-state index contributed by atoms with van der Waals surface area (Å²) in [4.78, 5) is 24.1. The van der Waals surface area contributed by atoms with Gasteiger partial charge in [0, 0.05) is 12.5 Å². The van der Waals surface area contributed by atoms with Crippen LogP contribution in [0.3, 0.4) is 0 Å². The second kappa shape index (κ2) is 10.2. The van der Waals surface area contributed by atoms with E-state index in [1.54, 1.807) is 6.07 Å². The molecule has 0 bridgehead atoms. The first-order valence-corrected chi connectivity index (χ1v) is 8.52. The first-order chi connectivity index (χ1) is 12.0. The van der Waals surface area contributed by atoms with Crippen LogP contribution in [-0.4, -0.2) is 39.1 Å². The molecule has 0 aromatic heterocycles. The minimum atomic E-state index is -0.638. The Morgan fingerprint density at radius 2 is 1.96 bits per heavy atom. The summed E-state index contributed by atoms with van der Waals surface area (Å²) in [5.74, 6) is 0.766. The van der Waals surface area contributed by atoms with Gasteiger partial charge in [-0.1, -0.05) is 6.92 Å². The number of hydrogen-bond donors (Lipinski definition) is 3. The zero-order valence-corrected chi connectivity index (χ0v) is 16.3. The lowest BCUT2D eigenvalue weighted by molar-refractivity contribution is -0.117. The maximum absolute atomic E-state index is 12.4. The fraction of sp³-hybridized carbons (Fsp3) is 0.556. The second-order valence-electron chi connectivity index (χ2n) is 6.45. The van der Waals surface area contributed by atoms with Crippen molar-refractivity contribution in [3.8, 4) is 11.5 Å². The molecule has 0 spiro atoms. The van der Waals surface area contributed by atoms with Gasteiger partial charge < -0.3 is 25.8 Å². The van der Waals surface area contributed by atoms with Crippen molar-refractivity contribution in [2.75, 3.05) is 32.6 Å². The number of primary amides is 1. The van der Waals surface area contributed by atoms with Gasteiger partial charge in [0.05, 0.1) is 25.5 Å². The van der Waals surface area contributed by atoms with E-state index in [2.05, 4.69) is 17.6 Å². The third-order valence-electron chi connectivity index (χ3n) is 4.71. The van der Waals surface area contributed by atoms with Crippen molar-refractivity contribution in [1.29, 1.82) is 0 Å². The fourth-order valence-electron chi connectivity index (χ4n) is 3.21. The zero-order chi connectivity index (χ0) is 18.4. The van der Waals surface area contributed by atoms with E-state index in [-0.39, 0.29) is 29.8 Å². The van der Waals surface area contributed by atoms with E-state index >= 15 is 0 Å². The highest BCUT2D eigenvalue weighted by Crippen LogP contribution is 2.33. The first kappa shape index (κ1) is 22.1. The molecule has 2 amide bonds. The number of benzene rings is 1. The highest BCUT2D eigenvalue weighted by Gasteiger charge is 2.23. The average molecular weight is 386 g/mol. The van der Waals surface area contributed by atoms with Gasteiger partial charge in [0.2, 0.25) is 5.91 Å². The van der Waals surface area contributed by atoms with Crippen molar-refractivity contribution >= 4 is 29.9 Å². The topological polar surface area (TPSA) is 103 Å². The van der Waals surface area contributed by atoms with E-state index in [1.807, 2.05) is 0 Å². The molecule has 2 atom stereocenters. The second-order valence-corrected chi connectivity index (χ2v) is 6.45. The largest absolute Gasteiger partial charge is 0.493 e. The van der Waals surface area contributed by atoms with Crippen LogP contribution in [0.4, 0.5) is 5.69 Å². The predicted octanol–water partition coefficient (Wildman–Crippen LogP) is 2.19. The molecule has 1 aliphatic rings. The zero-order valence-electron chi connectivity index (χ0n) is 15.5. The van der Waals surface area contributed by atoms with Crippen molar-refractivity contribution in [1.82, 2.24) is 5.32 Å². The highest BCUT2D eigenvalue weighted by atomic mass is 35.5. The fourth-order valence-corrected chi connectivity index (χ4v) is 3.21. The Hall–Kier alpha value is -1.99. The molecule has 146 valence electrons. The first-order valence-electron chi connectivity index (χ1n) is 8.52. The van der Waals surface area contributed by atoms with Crippen LogP contribution in [0.15, 0.2) is 12.1 Å². The Morgan fingerprint density at radius 3 is 2.50 bits per heavy atom. The van der Waals surface area contributed by atoms with Gasteiger partial charge in [0.15, 0.2) is 11.5 Å². The van der Waals surface area contributed by atoms with Crippen LogP contribution in [0.5, 0.6) is 11.5 Å². The van der Waals surface area contributed by atoms with Gasteiger partial charge in [-0.05, 0) is 43.8 Å². The van der Waals surface area contributed by atoms with Crippen molar-refractivity contribution in [3.63, 3.8) is 0 Å². The molecule has 1 aromatic carbocycles. The number of hydrogen-bond acceptors (Lipinski definition) is 5. The van der Waals surface area contributed by atoms with E-state index in [9.17, 15) is 9.59 Å². The van der Waals surface area contributed by atoms with Crippen molar-refractivity contribution in [2.24, 2.45) is 17.6 Å². The molecule has 0 radical (unpaired) electrons. The van der Waals surface area contributed by atoms with Gasteiger partial charge in [0.1, 0.15) is 0 Å². The number of carbonyl (C=O) groups excluding carboxylic acids is 2. The summed E-state index contributed by atoms with van der Waals surface area (Å²) in [6, 6.07) is 3.04. The summed E-state index contributed by atoms with van der Waals surface area (Å²) in [6.07, 6.45) is 2.65. The van der Waals surface area contributed by atoms with Gasteiger partial charge in [-0.15, -0.1) is 12.4 Å². The summed E-state index contributed by atoms with van der Waals surface area (Å²) < 4.78 is 10.4. The van der Waals surface area contributed by atoms with Crippen LogP contribution in [0.1, 0.15) is 36.5 Å². The quantitative estimate of drug-likeness (QED) is 0.667. The molecule has 1 saturated heterocycles. The van der Waals surface area contributed by atoms with Crippen LogP contribution >= 0.6 is 12.4 Å². The van der Waals surface area contributed by atoms with Crippen molar-refractivity contribution in [3.05, 3.63) is 17.7 Å². The highest BCUT2D eigenvalue weighted by molar-refractivity contribution is 6.03. The third-order valence-corrected chi connectivity index (χ3v) is 4.71. The lowest BCUT2D eigenvalue weighted by Gasteiger charge is -2.28. The minimum absolute atomic E-state index is 0. The summed E-state index contributed by atoms with van der Waals surface area (Å²) >= 11 is 0. The molecule has 1 heterocycles. The Labute approximate surface area is 160 Å². The van der Waals surface area contributed by atoms with E-state index in [4.69, 9.17) is 15.2 Å². The Balaban J connectivity index is 0.00000338. The van der Waals surface area contributed by atoms with Crippen LogP contribution in [0.25, 0.3) is 0 Å². The summed E-state index contributed by atoms with van der Waals surface area (Å²) in [6.45, 7) is 4.07. The van der Waals surface area contributed by atoms with Crippen LogP contribution in [-0.2, 0) is 4.79 Å². The average Bonchev–Trinajstić information content (AvgIpc) is 2.61. The molecule has 2 rings (SSSR count). The summed E-state index contributed by atoms with van der Waals surface area (Å²) in [7, 11) is 2.96. The number of piperidine rings is 1. The number of methoxy groups -OCH3 is 2. The lowest BCUT2D eigenvalue weighted by Crippen LogP contribution is -2.34. The number of anilines is 1.